The van der Waals surface area contributed by atoms with Crippen LogP contribution in [0.4, 0.5) is 5.69 Å². The highest BCUT2D eigenvalue weighted by atomic mass is 32.2. The van der Waals surface area contributed by atoms with Gasteiger partial charge in [-0.3, -0.25) is 14.5 Å². The molecule has 1 fully saturated rings. The summed E-state index contributed by atoms with van der Waals surface area (Å²) >= 11 is 1.48. The second-order valence-corrected chi connectivity index (χ2v) is 8.89. The maximum Gasteiger partial charge on any atom is 0.238 e. The van der Waals surface area contributed by atoms with Crippen LogP contribution in [0.2, 0.25) is 0 Å². The van der Waals surface area contributed by atoms with Crippen molar-refractivity contribution >= 4 is 29.3 Å². The second-order valence-electron chi connectivity index (χ2n) is 7.64. The first-order valence-electron chi connectivity index (χ1n) is 10.1. The lowest BCUT2D eigenvalue weighted by atomic mass is 10.1. The lowest BCUT2D eigenvalue weighted by molar-refractivity contribution is -0.134. The summed E-state index contributed by atoms with van der Waals surface area (Å²) in [4.78, 5) is 30.4. The van der Waals surface area contributed by atoms with Gasteiger partial charge in [0.05, 0.1) is 10.9 Å². The average molecular weight is 426 g/mol. The number of fused-ring (bicyclic) bond motifs is 2. The van der Waals surface area contributed by atoms with E-state index in [4.69, 9.17) is 9.47 Å². The lowest BCUT2D eigenvalue weighted by Crippen LogP contribution is -2.49. The molecule has 0 bridgehead atoms. The largest absolute Gasteiger partial charge is 0.454 e. The molecule has 1 atom stereocenters. The number of nitrogens with zero attached hydrogens (tertiary/aromatic N) is 2. The van der Waals surface area contributed by atoms with Crippen molar-refractivity contribution in [3.63, 3.8) is 0 Å². The minimum absolute atomic E-state index is 0.0461. The van der Waals surface area contributed by atoms with Crippen LogP contribution in [-0.4, -0.2) is 59.8 Å². The van der Waals surface area contributed by atoms with Crippen LogP contribution in [0.5, 0.6) is 11.5 Å². The molecule has 0 radical (unpaired) electrons. The van der Waals surface area contributed by atoms with Gasteiger partial charge < -0.3 is 19.7 Å². The quantitative estimate of drug-likeness (QED) is 0.812. The molecule has 3 aliphatic rings. The fraction of sp³-hybridized carbons (Fsp3) is 0.364. The molecule has 7 nitrogen and oxygen atoms in total. The summed E-state index contributed by atoms with van der Waals surface area (Å²) < 4.78 is 10.8. The fourth-order valence-electron chi connectivity index (χ4n) is 3.97. The maximum atomic E-state index is 12.8. The number of nitrogens with one attached hydrogen (secondary N) is 1. The molecule has 8 heteroatoms. The summed E-state index contributed by atoms with van der Waals surface area (Å²) in [7, 11) is 0. The number of thioether (sulfide) groups is 1. The highest BCUT2D eigenvalue weighted by Crippen LogP contribution is 2.37. The Balaban J connectivity index is 1.13. The van der Waals surface area contributed by atoms with Gasteiger partial charge in [-0.25, -0.2) is 0 Å². The van der Waals surface area contributed by atoms with E-state index >= 15 is 0 Å². The number of carbonyl (C=O) groups is 2. The van der Waals surface area contributed by atoms with Gasteiger partial charge in [-0.15, -0.1) is 11.8 Å². The van der Waals surface area contributed by atoms with E-state index in [1.165, 1.54) is 17.3 Å². The van der Waals surface area contributed by atoms with E-state index in [9.17, 15) is 9.59 Å². The topological polar surface area (TPSA) is 71.1 Å². The Morgan fingerprint density at radius 2 is 1.87 bits per heavy atom. The van der Waals surface area contributed by atoms with Gasteiger partial charge in [0, 0.05) is 44.0 Å². The Labute approximate surface area is 179 Å². The summed E-state index contributed by atoms with van der Waals surface area (Å²) in [6.07, 6.45) is 0.229. The number of hydrogen-bond donors (Lipinski definition) is 1. The van der Waals surface area contributed by atoms with Crippen molar-refractivity contribution < 1.29 is 19.1 Å². The van der Waals surface area contributed by atoms with Gasteiger partial charge in [0.25, 0.3) is 0 Å². The van der Waals surface area contributed by atoms with Crippen LogP contribution in [0.25, 0.3) is 0 Å². The zero-order valence-corrected chi connectivity index (χ0v) is 17.3. The third kappa shape index (κ3) is 3.97. The first kappa shape index (κ1) is 19.3. The number of carbonyl (C=O) groups excluding carboxylic acids is 2. The van der Waals surface area contributed by atoms with Crippen molar-refractivity contribution in [1.29, 1.82) is 0 Å². The predicted octanol–water partition coefficient (Wildman–Crippen LogP) is 2.56. The molecular formula is C22H23N3O4S. The molecule has 2 amide bonds. The average Bonchev–Trinajstić information content (AvgIpc) is 3.23. The van der Waals surface area contributed by atoms with Crippen molar-refractivity contribution in [2.45, 2.75) is 23.1 Å². The van der Waals surface area contributed by atoms with E-state index in [-0.39, 0.29) is 30.3 Å². The summed E-state index contributed by atoms with van der Waals surface area (Å²) in [6, 6.07) is 13.7. The molecule has 30 heavy (non-hydrogen) atoms. The van der Waals surface area contributed by atoms with Gasteiger partial charge >= 0.3 is 0 Å². The molecule has 1 unspecified atom stereocenters. The summed E-state index contributed by atoms with van der Waals surface area (Å²) in [5, 5.41) is 2.54. The Kier molecular flexibility index (Phi) is 5.26. The van der Waals surface area contributed by atoms with E-state index < -0.39 is 0 Å². The van der Waals surface area contributed by atoms with Gasteiger partial charge in [0.2, 0.25) is 18.6 Å². The fourth-order valence-corrected chi connectivity index (χ4v) is 5.07. The van der Waals surface area contributed by atoms with Crippen LogP contribution in [0, 0.1) is 0 Å². The van der Waals surface area contributed by atoms with Gasteiger partial charge in [-0.1, -0.05) is 18.2 Å². The molecular weight excluding hydrogens is 402 g/mol. The standard InChI is InChI=1S/C22H23N3O4S/c26-21(12-20-22(27)23-16-3-1-2-4-19(16)30-20)25-9-7-24(8-10-25)13-15-5-6-17-18(11-15)29-14-28-17/h1-6,11,20H,7-10,12-14H2,(H,23,27). The van der Waals surface area contributed by atoms with Gasteiger partial charge in [-0.2, -0.15) is 0 Å². The lowest BCUT2D eigenvalue weighted by Gasteiger charge is -2.35. The van der Waals surface area contributed by atoms with Gasteiger partial charge in [-0.05, 0) is 29.8 Å². The van der Waals surface area contributed by atoms with Gasteiger partial charge in [0.15, 0.2) is 11.5 Å². The molecule has 2 aromatic carbocycles. The highest BCUT2D eigenvalue weighted by Gasteiger charge is 2.31. The molecule has 0 saturated carbocycles. The monoisotopic (exact) mass is 425 g/mol. The second kappa shape index (κ2) is 8.20. The molecule has 1 saturated heterocycles. The van der Waals surface area contributed by atoms with Crippen LogP contribution in [0.3, 0.4) is 0 Å². The molecule has 0 aliphatic carbocycles. The molecule has 0 spiro atoms. The first-order chi connectivity index (χ1) is 14.7. The van der Waals surface area contributed by atoms with Crippen molar-refractivity contribution in [3.05, 3.63) is 48.0 Å². The van der Waals surface area contributed by atoms with Crippen LogP contribution in [0.1, 0.15) is 12.0 Å². The number of hydrogen-bond acceptors (Lipinski definition) is 6. The van der Waals surface area contributed by atoms with E-state index in [1.54, 1.807) is 0 Å². The smallest absolute Gasteiger partial charge is 0.238 e. The van der Waals surface area contributed by atoms with Crippen LogP contribution in [0.15, 0.2) is 47.4 Å². The zero-order chi connectivity index (χ0) is 20.5. The SMILES string of the molecule is O=C1Nc2ccccc2SC1CC(=O)N1CCN(Cc2ccc3c(c2)OCO3)CC1. The number of amides is 2. The number of benzene rings is 2. The molecule has 3 heterocycles. The predicted molar refractivity (Wildman–Crippen MR) is 114 cm³/mol. The Morgan fingerprint density at radius 3 is 2.73 bits per heavy atom. The third-order valence-electron chi connectivity index (χ3n) is 5.63. The summed E-state index contributed by atoms with van der Waals surface area (Å²) in [5.74, 6) is 1.55. The number of para-hydroxylation sites is 1. The summed E-state index contributed by atoms with van der Waals surface area (Å²) in [6.45, 7) is 4.08. The number of anilines is 1. The minimum Gasteiger partial charge on any atom is -0.454 e. The molecule has 0 aromatic heterocycles. The molecule has 5 rings (SSSR count). The number of piperazine rings is 1. The maximum absolute atomic E-state index is 12.8. The van der Waals surface area contributed by atoms with Crippen molar-refractivity contribution in [2.75, 3.05) is 38.3 Å². The van der Waals surface area contributed by atoms with Crippen molar-refractivity contribution in [1.82, 2.24) is 9.80 Å². The third-order valence-corrected chi connectivity index (χ3v) is 6.91. The normalized spacial score (nSPS) is 20.6. The molecule has 156 valence electrons. The minimum atomic E-state index is -0.376. The Bertz CT molecular complexity index is 975. The Hall–Kier alpha value is -2.71. The van der Waals surface area contributed by atoms with Gasteiger partial charge in [0.1, 0.15) is 0 Å². The van der Waals surface area contributed by atoms with Crippen molar-refractivity contribution in [2.24, 2.45) is 0 Å². The van der Waals surface area contributed by atoms with E-state index in [0.29, 0.717) is 13.1 Å². The Morgan fingerprint density at radius 1 is 1.07 bits per heavy atom. The summed E-state index contributed by atoms with van der Waals surface area (Å²) in [5.41, 5.74) is 2.00. The first-order valence-corrected chi connectivity index (χ1v) is 11.0. The van der Waals surface area contributed by atoms with E-state index in [2.05, 4.69) is 16.3 Å². The zero-order valence-electron chi connectivity index (χ0n) is 16.5. The molecule has 2 aromatic rings. The molecule has 3 aliphatic heterocycles. The van der Waals surface area contributed by atoms with E-state index in [0.717, 1.165) is 41.7 Å². The number of ether oxygens (including phenoxy) is 2. The van der Waals surface area contributed by atoms with E-state index in [1.807, 2.05) is 41.3 Å². The van der Waals surface area contributed by atoms with Crippen LogP contribution < -0.4 is 14.8 Å². The van der Waals surface area contributed by atoms with Crippen molar-refractivity contribution in [3.8, 4) is 11.5 Å². The van der Waals surface area contributed by atoms with Crippen LogP contribution >= 0.6 is 11.8 Å². The van der Waals surface area contributed by atoms with Crippen LogP contribution in [-0.2, 0) is 16.1 Å². The number of rotatable bonds is 4. The highest BCUT2D eigenvalue weighted by molar-refractivity contribution is 8.01. The molecule has 1 N–H and O–H groups in total.